The van der Waals surface area contributed by atoms with Crippen molar-refractivity contribution >= 4 is 27.5 Å². The van der Waals surface area contributed by atoms with Crippen molar-refractivity contribution in [3.63, 3.8) is 0 Å². The SMILES string of the molecule is COc1ccc(COc2c(Cl)cc(CBr)cc2OC)cc1. The van der Waals surface area contributed by atoms with Crippen LogP contribution in [0.5, 0.6) is 17.2 Å². The van der Waals surface area contributed by atoms with Gasteiger partial charge in [-0.15, -0.1) is 0 Å². The topological polar surface area (TPSA) is 27.7 Å². The van der Waals surface area contributed by atoms with Gasteiger partial charge in [0.2, 0.25) is 0 Å². The number of hydrogen-bond acceptors (Lipinski definition) is 3. The lowest BCUT2D eigenvalue weighted by Crippen LogP contribution is -1.99. The van der Waals surface area contributed by atoms with E-state index in [0.717, 1.165) is 16.9 Å². The van der Waals surface area contributed by atoms with Gasteiger partial charge in [-0.2, -0.15) is 0 Å². The Morgan fingerprint density at radius 1 is 1.00 bits per heavy atom. The molecule has 0 saturated heterocycles. The number of halogens is 2. The maximum absolute atomic E-state index is 6.26. The summed E-state index contributed by atoms with van der Waals surface area (Å²) in [7, 11) is 3.24. The molecule has 0 heterocycles. The summed E-state index contributed by atoms with van der Waals surface area (Å²) in [5, 5.41) is 1.25. The number of methoxy groups -OCH3 is 2. The molecule has 2 aromatic carbocycles. The summed E-state index contributed by atoms with van der Waals surface area (Å²) in [6.07, 6.45) is 0. The Morgan fingerprint density at radius 3 is 2.29 bits per heavy atom. The molecule has 21 heavy (non-hydrogen) atoms. The second-order valence-corrected chi connectivity index (χ2v) is 5.35. The first-order valence-electron chi connectivity index (χ1n) is 6.36. The molecular formula is C16H16BrClO3. The van der Waals surface area contributed by atoms with Crippen molar-refractivity contribution in [2.24, 2.45) is 0 Å². The van der Waals surface area contributed by atoms with E-state index in [1.54, 1.807) is 14.2 Å². The van der Waals surface area contributed by atoms with Crippen LogP contribution in [0.15, 0.2) is 36.4 Å². The summed E-state index contributed by atoms with van der Waals surface area (Å²) in [6, 6.07) is 11.5. The van der Waals surface area contributed by atoms with E-state index in [1.807, 2.05) is 36.4 Å². The van der Waals surface area contributed by atoms with Crippen LogP contribution in [0.4, 0.5) is 0 Å². The molecule has 0 spiro atoms. The van der Waals surface area contributed by atoms with Crippen LogP contribution in [0.25, 0.3) is 0 Å². The van der Waals surface area contributed by atoms with Crippen molar-refractivity contribution in [2.75, 3.05) is 14.2 Å². The minimum absolute atomic E-state index is 0.410. The maximum Gasteiger partial charge on any atom is 0.180 e. The fourth-order valence-electron chi connectivity index (χ4n) is 1.87. The highest BCUT2D eigenvalue weighted by atomic mass is 79.9. The lowest BCUT2D eigenvalue weighted by atomic mass is 10.2. The molecule has 2 aromatic rings. The Morgan fingerprint density at radius 2 is 1.71 bits per heavy atom. The number of ether oxygens (including phenoxy) is 3. The van der Waals surface area contributed by atoms with Gasteiger partial charge in [0.15, 0.2) is 11.5 Å². The fourth-order valence-corrected chi connectivity index (χ4v) is 2.48. The van der Waals surface area contributed by atoms with E-state index in [-0.39, 0.29) is 0 Å². The van der Waals surface area contributed by atoms with Gasteiger partial charge in [-0.05, 0) is 35.4 Å². The summed E-state index contributed by atoms with van der Waals surface area (Å²) < 4.78 is 16.3. The molecule has 0 unspecified atom stereocenters. The molecule has 3 nitrogen and oxygen atoms in total. The van der Waals surface area contributed by atoms with Gasteiger partial charge >= 0.3 is 0 Å². The van der Waals surface area contributed by atoms with Gasteiger partial charge in [0, 0.05) is 5.33 Å². The molecule has 0 aliphatic carbocycles. The lowest BCUT2D eigenvalue weighted by Gasteiger charge is -2.14. The van der Waals surface area contributed by atoms with Crippen molar-refractivity contribution in [3.8, 4) is 17.2 Å². The molecule has 0 bridgehead atoms. The van der Waals surface area contributed by atoms with Crippen LogP contribution >= 0.6 is 27.5 Å². The molecule has 112 valence electrons. The maximum atomic E-state index is 6.26. The second-order valence-electron chi connectivity index (χ2n) is 4.38. The molecule has 0 atom stereocenters. The van der Waals surface area contributed by atoms with E-state index in [0.29, 0.717) is 28.5 Å². The molecule has 2 rings (SSSR count). The Hall–Kier alpha value is -1.39. The minimum Gasteiger partial charge on any atom is -0.497 e. The van der Waals surface area contributed by atoms with E-state index in [2.05, 4.69) is 15.9 Å². The average Bonchev–Trinajstić information content (AvgIpc) is 2.53. The number of hydrogen-bond donors (Lipinski definition) is 0. The highest BCUT2D eigenvalue weighted by molar-refractivity contribution is 9.08. The van der Waals surface area contributed by atoms with Gasteiger partial charge in [0.1, 0.15) is 12.4 Å². The molecule has 0 amide bonds. The van der Waals surface area contributed by atoms with Crippen molar-refractivity contribution in [1.82, 2.24) is 0 Å². The first kappa shape index (κ1) is 16.0. The predicted octanol–water partition coefficient (Wildman–Crippen LogP) is 4.83. The van der Waals surface area contributed by atoms with Gasteiger partial charge < -0.3 is 14.2 Å². The third kappa shape index (κ3) is 4.05. The van der Waals surface area contributed by atoms with Crippen LogP contribution < -0.4 is 14.2 Å². The number of rotatable bonds is 6. The van der Waals surface area contributed by atoms with Crippen LogP contribution in [0, 0.1) is 0 Å². The van der Waals surface area contributed by atoms with E-state index in [1.165, 1.54) is 0 Å². The summed E-state index contributed by atoms with van der Waals surface area (Å²) in [5.74, 6) is 2.00. The van der Waals surface area contributed by atoms with Crippen LogP contribution in [-0.2, 0) is 11.9 Å². The summed E-state index contributed by atoms with van der Waals surface area (Å²) in [6.45, 7) is 0.410. The standard InChI is InChI=1S/C16H16BrClO3/c1-19-13-5-3-11(4-6-13)10-21-16-14(18)7-12(9-17)8-15(16)20-2/h3-8H,9-10H2,1-2H3. The Bertz CT molecular complexity index is 599. The highest BCUT2D eigenvalue weighted by Gasteiger charge is 2.12. The summed E-state index contributed by atoms with van der Waals surface area (Å²) in [5.41, 5.74) is 2.06. The molecule has 0 aliphatic rings. The number of benzene rings is 2. The van der Waals surface area contributed by atoms with Crippen molar-refractivity contribution in [1.29, 1.82) is 0 Å². The third-order valence-electron chi connectivity index (χ3n) is 2.99. The molecule has 0 aliphatic heterocycles. The van der Waals surface area contributed by atoms with Gasteiger partial charge in [0.25, 0.3) is 0 Å². The Labute approximate surface area is 137 Å². The van der Waals surface area contributed by atoms with Gasteiger partial charge in [0.05, 0.1) is 19.2 Å². The first-order valence-corrected chi connectivity index (χ1v) is 7.86. The van der Waals surface area contributed by atoms with Crippen molar-refractivity contribution in [2.45, 2.75) is 11.9 Å². The molecule has 0 fully saturated rings. The molecule has 5 heteroatoms. The summed E-state index contributed by atoms with van der Waals surface area (Å²) in [4.78, 5) is 0. The lowest BCUT2D eigenvalue weighted by molar-refractivity contribution is 0.284. The van der Waals surface area contributed by atoms with E-state index in [9.17, 15) is 0 Å². The molecule has 0 saturated carbocycles. The molecule has 0 N–H and O–H groups in total. The molecule has 0 aromatic heterocycles. The van der Waals surface area contributed by atoms with E-state index < -0.39 is 0 Å². The fraction of sp³-hybridized carbons (Fsp3) is 0.250. The zero-order chi connectivity index (χ0) is 15.2. The van der Waals surface area contributed by atoms with Crippen LogP contribution in [0.1, 0.15) is 11.1 Å². The quantitative estimate of drug-likeness (QED) is 0.681. The van der Waals surface area contributed by atoms with Crippen molar-refractivity contribution < 1.29 is 14.2 Å². The van der Waals surface area contributed by atoms with E-state index >= 15 is 0 Å². The van der Waals surface area contributed by atoms with Crippen LogP contribution in [-0.4, -0.2) is 14.2 Å². The van der Waals surface area contributed by atoms with Gasteiger partial charge in [-0.25, -0.2) is 0 Å². The Kier molecular flexibility index (Phi) is 5.76. The molecule has 0 radical (unpaired) electrons. The van der Waals surface area contributed by atoms with Crippen LogP contribution in [0.3, 0.4) is 0 Å². The monoisotopic (exact) mass is 370 g/mol. The van der Waals surface area contributed by atoms with Crippen molar-refractivity contribution in [3.05, 3.63) is 52.5 Å². The number of alkyl halides is 1. The predicted molar refractivity (Wildman–Crippen MR) is 88.0 cm³/mol. The largest absolute Gasteiger partial charge is 0.497 e. The highest BCUT2D eigenvalue weighted by Crippen LogP contribution is 2.37. The third-order valence-corrected chi connectivity index (χ3v) is 3.91. The molecular weight excluding hydrogens is 356 g/mol. The zero-order valence-electron chi connectivity index (χ0n) is 11.9. The minimum atomic E-state index is 0.410. The van der Waals surface area contributed by atoms with Crippen LogP contribution in [0.2, 0.25) is 5.02 Å². The second kappa shape index (κ2) is 7.57. The van der Waals surface area contributed by atoms with Gasteiger partial charge in [-0.1, -0.05) is 39.7 Å². The summed E-state index contributed by atoms with van der Waals surface area (Å²) >= 11 is 9.66. The van der Waals surface area contributed by atoms with E-state index in [4.69, 9.17) is 25.8 Å². The smallest absolute Gasteiger partial charge is 0.180 e. The Balaban J connectivity index is 2.15. The normalized spacial score (nSPS) is 10.3. The average molecular weight is 372 g/mol. The van der Waals surface area contributed by atoms with Gasteiger partial charge in [-0.3, -0.25) is 0 Å². The first-order chi connectivity index (χ1) is 10.2. The zero-order valence-corrected chi connectivity index (χ0v) is 14.2.